The number of aliphatic hydroxyl groups excluding tert-OH is 1. The number of aromatic nitrogens is 1. The van der Waals surface area contributed by atoms with Gasteiger partial charge in [-0.1, -0.05) is 25.2 Å². The molecule has 19 heavy (non-hydrogen) atoms. The van der Waals surface area contributed by atoms with E-state index >= 15 is 0 Å². The fourth-order valence-corrected chi connectivity index (χ4v) is 4.41. The van der Waals surface area contributed by atoms with Crippen LogP contribution in [0.4, 0.5) is 5.13 Å². The molecular formula is C14H24N2OS2. The van der Waals surface area contributed by atoms with E-state index in [4.69, 9.17) is 4.98 Å². The molecule has 1 aliphatic carbocycles. The molecular weight excluding hydrogens is 276 g/mol. The number of nitrogens with zero attached hydrogens (tertiary/aromatic N) is 2. The number of hydrogen-bond donors (Lipinski definition) is 1. The Labute approximate surface area is 124 Å². The third-order valence-corrected chi connectivity index (χ3v) is 5.89. The number of thioether (sulfide) groups is 1. The van der Waals surface area contributed by atoms with Crippen molar-refractivity contribution in [2.45, 2.75) is 45.8 Å². The van der Waals surface area contributed by atoms with Crippen molar-refractivity contribution in [3.05, 3.63) is 10.6 Å². The van der Waals surface area contributed by atoms with E-state index in [2.05, 4.69) is 39.0 Å². The van der Waals surface area contributed by atoms with Gasteiger partial charge in [-0.15, -0.1) is 0 Å². The molecule has 0 aromatic carbocycles. The number of rotatable bonds is 4. The highest BCUT2D eigenvalue weighted by Crippen LogP contribution is 2.44. The summed E-state index contributed by atoms with van der Waals surface area (Å²) in [5.74, 6) is 1.09. The van der Waals surface area contributed by atoms with Crippen LogP contribution in [0.15, 0.2) is 0 Å². The minimum Gasteiger partial charge on any atom is -0.387 e. The van der Waals surface area contributed by atoms with Gasteiger partial charge in [0.05, 0.1) is 16.7 Å². The summed E-state index contributed by atoms with van der Waals surface area (Å²) in [5.41, 5.74) is 1.26. The maximum atomic E-state index is 10.3. The largest absolute Gasteiger partial charge is 0.387 e. The lowest BCUT2D eigenvalue weighted by Crippen LogP contribution is -2.30. The van der Waals surface area contributed by atoms with E-state index in [-0.39, 0.29) is 11.5 Å². The molecule has 0 fully saturated rings. The van der Waals surface area contributed by atoms with Crippen molar-refractivity contribution in [3.63, 3.8) is 0 Å². The molecule has 1 N–H and O–H groups in total. The van der Waals surface area contributed by atoms with E-state index in [1.807, 2.05) is 11.8 Å². The van der Waals surface area contributed by atoms with Crippen molar-refractivity contribution >= 4 is 28.2 Å². The average molecular weight is 300 g/mol. The maximum absolute atomic E-state index is 10.3. The van der Waals surface area contributed by atoms with Gasteiger partial charge >= 0.3 is 0 Å². The van der Waals surface area contributed by atoms with Crippen LogP contribution in [0, 0.1) is 5.41 Å². The minimum absolute atomic E-state index is 0.154. The van der Waals surface area contributed by atoms with Crippen LogP contribution >= 0.6 is 23.1 Å². The molecule has 3 nitrogen and oxygen atoms in total. The third kappa shape index (κ3) is 3.26. The van der Waals surface area contributed by atoms with Gasteiger partial charge in [0.2, 0.25) is 0 Å². The lowest BCUT2D eigenvalue weighted by Gasteiger charge is -2.31. The lowest BCUT2D eigenvalue weighted by molar-refractivity contribution is 0.102. The zero-order valence-electron chi connectivity index (χ0n) is 12.4. The summed E-state index contributed by atoms with van der Waals surface area (Å²) in [4.78, 5) is 8.09. The molecule has 0 spiro atoms. The topological polar surface area (TPSA) is 36.4 Å². The van der Waals surface area contributed by atoms with Crippen LogP contribution in [0.1, 0.15) is 43.9 Å². The number of fused-ring (bicyclic) bond motifs is 1. The van der Waals surface area contributed by atoms with Gasteiger partial charge in [0.15, 0.2) is 5.13 Å². The molecule has 1 heterocycles. The molecule has 0 amide bonds. The summed E-state index contributed by atoms with van der Waals surface area (Å²) >= 11 is 3.52. The molecule has 0 saturated carbocycles. The molecule has 5 heteroatoms. The van der Waals surface area contributed by atoms with Crippen LogP contribution in [-0.2, 0) is 6.42 Å². The highest BCUT2D eigenvalue weighted by Gasteiger charge is 2.34. The van der Waals surface area contributed by atoms with Gasteiger partial charge in [-0.25, -0.2) is 4.98 Å². The first-order chi connectivity index (χ1) is 8.84. The van der Waals surface area contributed by atoms with Gasteiger partial charge in [-0.2, -0.15) is 11.8 Å². The minimum atomic E-state index is -0.339. The average Bonchev–Trinajstić information content (AvgIpc) is 2.70. The smallest absolute Gasteiger partial charge is 0.185 e. The van der Waals surface area contributed by atoms with E-state index in [0.29, 0.717) is 6.04 Å². The SMILES string of the molecule is CSCC(C)N(C)c1nc2c(s1)C(O)CC(C)(C)C2. The standard InChI is InChI=1S/C14H24N2OS2/c1-9(8-18-5)16(4)13-15-10-6-14(2,3)7-11(17)12(10)19-13/h9,11,17H,6-8H2,1-5H3. The second-order valence-electron chi connectivity index (χ2n) is 6.28. The van der Waals surface area contributed by atoms with Crippen LogP contribution in [0.3, 0.4) is 0 Å². The molecule has 2 rings (SSSR count). The van der Waals surface area contributed by atoms with Crippen molar-refractivity contribution < 1.29 is 5.11 Å². The molecule has 2 unspecified atom stereocenters. The van der Waals surface area contributed by atoms with Crippen molar-refractivity contribution in [2.24, 2.45) is 5.41 Å². The number of aliphatic hydroxyl groups is 1. The molecule has 0 bridgehead atoms. The maximum Gasteiger partial charge on any atom is 0.185 e. The summed E-state index contributed by atoms with van der Waals surface area (Å²) in [6.45, 7) is 6.63. The number of thiazole rings is 1. The third-order valence-electron chi connectivity index (χ3n) is 3.78. The first-order valence-electron chi connectivity index (χ1n) is 6.73. The van der Waals surface area contributed by atoms with Crippen LogP contribution < -0.4 is 4.90 Å². The summed E-state index contributed by atoms with van der Waals surface area (Å²) in [6.07, 6.45) is 3.60. The lowest BCUT2D eigenvalue weighted by atomic mass is 9.77. The molecule has 108 valence electrons. The normalized spacial score (nSPS) is 22.9. The summed E-state index contributed by atoms with van der Waals surface area (Å²) < 4.78 is 0. The van der Waals surface area contributed by atoms with E-state index in [1.54, 1.807) is 11.3 Å². The molecule has 1 aromatic heterocycles. The molecule has 0 saturated heterocycles. The van der Waals surface area contributed by atoms with E-state index in [9.17, 15) is 5.11 Å². The molecule has 1 aromatic rings. The quantitative estimate of drug-likeness (QED) is 0.925. The first-order valence-corrected chi connectivity index (χ1v) is 8.94. The molecule has 1 aliphatic rings. The van der Waals surface area contributed by atoms with Crippen LogP contribution in [0.25, 0.3) is 0 Å². The van der Waals surface area contributed by atoms with Crippen molar-refractivity contribution in [1.29, 1.82) is 0 Å². The second kappa shape index (κ2) is 5.62. The predicted molar refractivity (Wildman–Crippen MR) is 85.4 cm³/mol. The summed E-state index contributed by atoms with van der Waals surface area (Å²) in [7, 11) is 2.10. The van der Waals surface area contributed by atoms with E-state index < -0.39 is 0 Å². The van der Waals surface area contributed by atoms with Crippen LogP contribution in [0.5, 0.6) is 0 Å². The highest BCUT2D eigenvalue weighted by molar-refractivity contribution is 7.98. The van der Waals surface area contributed by atoms with Crippen molar-refractivity contribution in [3.8, 4) is 0 Å². The Morgan fingerprint density at radius 3 is 2.89 bits per heavy atom. The van der Waals surface area contributed by atoms with Gasteiger partial charge < -0.3 is 10.0 Å². The van der Waals surface area contributed by atoms with Crippen molar-refractivity contribution in [1.82, 2.24) is 4.98 Å². The van der Waals surface area contributed by atoms with Gasteiger partial charge in [-0.3, -0.25) is 0 Å². The van der Waals surface area contributed by atoms with Gasteiger partial charge in [0, 0.05) is 18.8 Å². The first kappa shape index (κ1) is 15.1. The molecule has 0 radical (unpaired) electrons. The Kier molecular flexibility index (Phi) is 4.48. The Morgan fingerprint density at radius 1 is 1.58 bits per heavy atom. The van der Waals surface area contributed by atoms with E-state index in [1.165, 1.54) is 0 Å². The van der Waals surface area contributed by atoms with Gasteiger partial charge in [-0.05, 0) is 31.4 Å². The van der Waals surface area contributed by atoms with E-state index in [0.717, 1.165) is 34.3 Å². The Morgan fingerprint density at radius 2 is 2.26 bits per heavy atom. The second-order valence-corrected chi connectivity index (χ2v) is 8.20. The Bertz CT molecular complexity index is 445. The summed E-state index contributed by atoms with van der Waals surface area (Å²) in [6, 6.07) is 0.466. The fourth-order valence-electron chi connectivity index (χ4n) is 2.57. The highest BCUT2D eigenvalue weighted by atomic mass is 32.2. The number of anilines is 1. The Balaban J connectivity index is 2.23. The van der Waals surface area contributed by atoms with Crippen molar-refractivity contribution in [2.75, 3.05) is 24.0 Å². The zero-order chi connectivity index (χ0) is 14.2. The number of hydrogen-bond acceptors (Lipinski definition) is 5. The summed E-state index contributed by atoms with van der Waals surface area (Å²) in [5, 5.41) is 11.3. The van der Waals surface area contributed by atoms with Gasteiger partial charge in [0.25, 0.3) is 0 Å². The van der Waals surface area contributed by atoms with Crippen LogP contribution in [0.2, 0.25) is 0 Å². The van der Waals surface area contributed by atoms with Crippen LogP contribution in [-0.4, -0.2) is 35.2 Å². The molecule has 2 atom stereocenters. The predicted octanol–water partition coefficient (Wildman–Crippen LogP) is 3.34. The fraction of sp³-hybridized carbons (Fsp3) is 0.786. The zero-order valence-corrected chi connectivity index (χ0v) is 14.1. The monoisotopic (exact) mass is 300 g/mol. The Hall–Kier alpha value is -0.260. The van der Waals surface area contributed by atoms with Gasteiger partial charge in [0.1, 0.15) is 0 Å². The molecule has 0 aliphatic heterocycles.